The van der Waals surface area contributed by atoms with Crippen LogP contribution in [0.2, 0.25) is 0 Å². The fourth-order valence-corrected chi connectivity index (χ4v) is 3.37. The van der Waals surface area contributed by atoms with Crippen LogP contribution in [0.5, 0.6) is 0 Å². The van der Waals surface area contributed by atoms with Gasteiger partial charge in [0.1, 0.15) is 5.69 Å². The van der Waals surface area contributed by atoms with Gasteiger partial charge >= 0.3 is 0 Å². The minimum Gasteiger partial charge on any atom is -0.377 e. The lowest BCUT2D eigenvalue weighted by Gasteiger charge is -2.25. The zero-order chi connectivity index (χ0) is 19.3. The number of para-hydroxylation sites is 1. The highest BCUT2D eigenvalue weighted by molar-refractivity contribution is 6.13. The van der Waals surface area contributed by atoms with Crippen molar-refractivity contribution < 1.29 is 9.53 Å². The van der Waals surface area contributed by atoms with Gasteiger partial charge in [-0.05, 0) is 12.1 Å². The average Bonchev–Trinajstić information content (AvgIpc) is 3.09. The number of anilines is 5. The van der Waals surface area contributed by atoms with Crippen molar-refractivity contribution in [2.45, 2.75) is 6.04 Å². The Morgan fingerprint density at radius 2 is 1.93 bits per heavy atom. The molecular weight excluding hydrogens is 358 g/mol. The quantitative estimate of drug-likeness (QED) is 0.749. The smallest absolute Gasteiger partial charge is 0.260 e. The van der Waals surface area contributed by atoms with Crippen molar-refractivity contribution in [2.24, 2.45) is 0 Å². The van der Waals surface area contributed by atoms with Gasteiger partial charge in [-0.25, -0.2) is 4.98 Å². The third kappa shape index (κ3) is 2.59. The molecule has 1 aromatic carbocycles. The van der Waals surface area contributed by atoms with Crippen molar-refractivity contribution in [1.82, 2.24) is 19.7 Å². The van der Waals surface area contributed by atoms with Crippen molar-refractivity contribution in [3.8, 4) is 0 Å². The van der Waals surface area contributed by atoms with Gasteiger partial charge < -0.3 is 19.9 Å². The van der Waals surface area contributed by atoms with Crippen LogP contribution in [-0.4, -0.2) is 53.0 Å². The van der Waals surface area contributed by atoms with Gasteiger partial charge in [0.25, 0.3) is 5.91 Å². The second-order valence-corrected chi connectivity index (χ2v) is 6.87. The third-order valence-corrected chi connectivity index (χ3v) is 5.08. The Morgan fingerprint density at radius 1 is 1.11 bits per heavy atom. The summed E-state index contributed by atoms with van der Waals surface area (Å²) in [4.78, 5) is 25.4. The Labute approximate surface area is 161 Å². The summed E-state index contributed by atoms with van der Waals surface area (Å²) in [6.07, 6.45) is 5.31. The van der Waals surface area contributed by atoms with Crippen LogP contribution in [0.3, 0.4) is 0 Å². The lowest BCUT2D eigenvalue weighted by Crippen LogP contribution is -2.30. The number of amides is 1. The van der Waals surface area contributed by atoms with Crippen LogP contribution in [0.25, 0.3) is 0 Å². The topological polar surface area (TPSA) is 88.4 Å². The number of nitrogens with one attached hydrogen (secondary N) is 1. The number of ether oxygens (including phenoxy) is 1. The number of carbonyl (C=O) groups is 1. The van der Waals surface area contributed by atoms with Gasteiger partial charge in [0.15, 0.2) is 5.82 Å². The Kier molecular flexibility index (Phi) is 3.76. The molecule has 28 heavy (non-hydrogen) atoms. The number of hydrogen-bond donors (Lipinski definition) is 1. The van der Waals surface area contributed by atoms with Crippen molar-refractivity contribution in [3.05, 3.63) is 48.4 Å². The second-order valence-electron chi connectivity index (χ2n) is 6.87. The van der Waals surface area contributed by atoms with E-state index in [1.165, 1.54) is 0 Å². The maximum Gasteiger partial charge on any atom is 0.260 e. The van der Waals surface area contributed by atoms with Gasteiger partial charge in [-0.2, -0.15) is 10.1 Å². The molecule has 2 aliphatic heterocycles. The number of benzene rings is 1. The first-order valence-electron chi connectivity index (χ1n) is 8.98. The lowest BCUT2D eigenvalue weighted by atomic mass is 10.1. The third-order valence-electron chi connectivity index (χ3n) is 5.08. The Balaban J connectivity index is 1.49. The number of aromatic nitrogens is 4. The molecule has 5 rings (SSSR count). The number of rotatable bonds is 3. The molecule has 0 bridgehead atoms. The van der Waals surface area contributed by atoms with E-state index in [9.17, 15) is 4.79 Å². The molecule has 0 radical (unpaired) electrons. The maximum absolute atomic E-state index is 12.8. The fourth-order valence-electron chi connectivity index (χ4n) is 3.37. The summed E-state index contributed by atoms with van der Waals surface area (Å²) in [6, 6.07) is 7.79. The second kappa shape index (κ2) is 6.31. The van der Waals surface area contributed by atoms with Crippen molar-refractivity contribution in [3.63, 3.8) is 0 Å². The number of carbonyl (C=O) groups excluding carboxylic acids is 1. The van der Waals surface area contributed by atoms with Crippen molar-refractivity contribution >= 4 is 34.7 Å². The molecule has 2 aromatic heterocycles. The van der Waals surface area contributed by atoms with Crippen molar-refractivity contribution in [1.29, 1.82) is 0 Å². The zero-order valence-corrected chi connectivity index (χ0v) is 15.5. The summed E-state index contributed by atoms with van der Waals surface area (Å²) >= 11 is 0. The predicted octanol–water partition coefficient (Wildman–Crippen LogP) is 2.35. The summed E-state index contributed by atoms with van der Waals surface area (Å²) in [5.41, 5.74) is 2.88. The minimum atomic E-state index is -0.0884. The molecule has 1 saturated heterocycles. The van der Waals surface area contributed by atoms with Gasteiger partial charge in [-0.1, -0.05) is 12.1 Å². The summed E-state index contributed by atoms with van der Waals surface area (Å²) < 4.78 is 7.09. The molecule has 0 atom stereocenters. The van der Waals surface area contributed by atoms with Gasteiger partial charge in [0.05, 0.1) is 48.6 Å². The van der Waals surface area contributed by atoms with E-state index in [1.54, 1.807) is 24.3 Å². The Bertz CT molecular complexity index is 1060. The summed E-state index contributed by atoms with van der Waals surface area (Å²) in [6.45, 7) is 1.36. The van der Waals surface area contributed by atoms with E-state index in [-0.39, 0.29) is 11.9 Å². The molecule has 2 aliphatic rings. The van der Waals surface area contributed by atoms with Crippen LogP contribution in [0.4, 0.5) is 28.8 Å². The molecule has 9 nitrogen and oxygen atoms in total. The van der Waals surface area contributed by atoms with E-state index in [0.29, 0.717) is 36.2 Å². The highest BCUT2D eigenvalue weighted by Crippen LogP contribution is 2.37. The first-order chi connectivity index (χ1) is 13.6. The molecule has 0 saturated carbocycles. The molecule has 1 N–H and O–H groups in total. The standard InChI is InChI=1S/C19H19N7O2/c1-24-15-6-4-3-5-14(15)18(27)25(2)16-8-20-19(23-17(16)24)22-12-7-21-26(9-12)13-10-28-11-13/h3-9,13H,10-11H2,1-2H3,(H,20,22,23). The molecule has 4 heterocycles. The maximum atomic E-state index is 12.8. The van der Waals surface area contributed by atoms with Crippen molar-refractivity contribution in [2.75, 3.05) is 42.4 Å². The Hall–Kier alpha value is -3.46. The number of nitrogens with zero attached hydrogens (tertiary/aromatic N) is 6. The molecule has 0 unspecified atom stereocenters. The van der Waals surface area contributed by atoms with Crippen LogP contribution < -0.4 is 15.1 Å². The summed E-state index contributed by atoms with van der Waals surface area (Å²) in [5, 5.41) is 7.55. The van der Waals surface area contributed by atoms with E-state index in [4.69, 9.17) is 4.74 Å². The molecule has 0 aliphatic carbocycles. The van der Waals surface area contributed by atoms with Gasteiger partial charge in [0, 0.05) is 20.3 Å². The van der Waals surface area contributed by atoms with Gasteiger partial charge in [0.2, 0.25) is 5.95 Å². The largest absolute Gasteiger partial charge is 0.377 e. The van der Waals surface area contributed by atoms with E-state index in [2.05, 4.69) is 20.4 Å². The molecule has 3 aromatic rings. The van der Waals surface area contributed by atoms with Crippen LogP contribution in [-0.2, 0) is 4.74 Å². The molecule has 9 heteroatoms. The fraction of sp³-hybridized carbons (Fsp3) is 0.263. The van der Waals surface area contributed by atoms with Crippen LogP contribution >= 0.6 is 0 Å². The first-order valence-corrected chi connectivity index (χ1v) is 8.98. The van der Waals surface area contributed by atoms with Crippen LogP contribution in [0, 0.1) is 0 Å². The van der Waals surface area contributed by atoms with Crippen LogP contribution in [0.1, 0.15) is 16.4 Å². The first kappa shape index (κ1) is 16.7. The summed E-state index contributed by atoms with van der Waals surface area (Å²) in [7, 11) is 3.63. The number of fused-ring (bicyclic) bond motifs is 2. The van der Waals surface area contributed by atoms with Gasteiger partial charge in [-0.3, -0.25) is 9.48 Å². The van der Waals surface area contributed by atoms with Crippen LogP contribution in [0.15, 0.2) is 42.9 Å². The lowest BCUT2D eigenvalue weighted by molar-refractivity contribution is -0.0286. The highest BCUT2D eigenvalue weighted by atomic mass is 16.5. The molecule has 1 amide bonds. The molecular formula is C19H19N7O2. The molecule has 1 fully saturated rings. The number of hydrogen-bond acceptors (Lipinski definition) is 7. The molecule has 0 spiro atoms. The SMILES string of the molecule is CN1C(=O)c2ccccc2N(C)c2nc(Nc3cnn(C4COC4)c3)ncc21. The minimum absolute atomic E-state index is 0.0884. The van der Waals surface area contributed by atoms with E-state index >= 15 is 0 Å². The van der Waals surface area contributed by atoms with E-state index < -0.39 is 0 Å². The Morgan fingerprint density at radius 3 is 2.71 bits per heavy atom. The normalized spacial score (nSPS) is 16.3. The predicted molar refractivity (Wildman–Crippen MR) is 105 cm³/mol. The summed E-state index contributed by atoms with van der Waals surface area (Å²) in [5.74, 6) is 1.00. The monoisotopic (exact) mass is 377 g/mol. The van der Waals surface area contributed by atoms with E-state index in [1.807, 2.05) is 47.1 Å². The molecule has 142 valence electrons. The zero-order valence-electron chi connectivity index (χ0n) is 15.5. The average molecular weight is 377 g/mol. The highest BCUT2D eigenvalue weighted by Gasteiger charge is 2.29. The van der Waals surface area contributed by atoms with Gasteiger partial charge in [-0.15, -0.1) is 0 Å². The van der Waals surface area contributed by atoms with E-state index in [0.717, 1.165) is 11.4 Å².